The fourth-order valence-corrected chi connectivity index (χ4v) is 3.12. The van der Waals surface area contributed by atoms with Gasteiger partial charge in [-0.15, -0.1) is 0 Å². The zero-order valence-electron chi connectivity index (χ0n) is 15.4. The van der Waals surface area contributed by atoms with E-state index in [-0.39, 0.29) is 34.4 Å². The summed E-state index contributed by atoms with van der Waals surface area (Å²) in [6, 6.07) is 4.14. The van der Waals surface area contributed by atoms with Crippen molar-refractivity contribution in [2.24, 2.45) is 5.10 Å². The van der Waals surface area contributed by atoms with Crippen LogP contribution in [0.3, 0.4) is 0 Å². The minimum Gasteiger partial charge on any atom is -0.504 e. The smallest absolute Gasteiger partial charge is 0.228 e. The standard InChI is InChI=1S/C17H19N7O6/c18-14-11-15(20-6-19-14)24(16-13(29)12(28)10(5-25)30-16)17(22-11)23-21-4-7-1-2-8(26)9(27)3-7/h1-4,6,10,12-13,16,25-29H,5H2,(H,22,23)(H2,18,19,20)/b21-4+. The van der Waals surface area contributed by atoms with Gasteiger partial charge in [-0.1, -0.05) is 0 Å². The Morgan fingerprint density at radius 2 is 2.00 bits per heavy atom. The summed E-state index contributed by atoms with van der Waals surface area (Å²) in [5, 5.41) is 52.9. The number of fused-ring (bicyclic) bond motifs is 1. The molecule has 3 aromatic rings. The van der Waals surface area contributed by atoms with Crippen LogP contribution in [0.2, 0.25) is 0 Å². The minimum atomic E-state index is -1.38. The van der Waals surface area contributed by atoms with Crippen molar-refractivity contribution in [2.75, 3.05) is 17.8 Å². The lowest BCUT2D eigenvalue weighted by Gasteiger charge is -2.18. The largest absolute Gasteiger partial charge is 0.504 e. The van der Waals surface area contributed by atoms with Crippen LogP contribution < -0.4 is 11.2 Å². The molecule has 4 atom stereocenters. The number of anilines is 2. The molecule has 4 unspecified atom stereocenters. The van der Waals surface area contributed by atoms with Crippen molar-refractivity contribution in [3.8, 4) is 11.5 Å². The van der Waals surface area contributed by atoms with Gasteiger partial charge in [0.15, 0.2) is 34.7 Å². The van der Waals surface area contributed by atoms with Gasteiger partial charge in [0.05, 0.1) is 12.8 Å². The van der Waals surface area contributed by atoms with Crippen LogP contribution in [0.4, 0.5) is 11.8 Å². The first-order valence-electron chi connectivity index (χ1n) is 8.82. The van der Waals surface area contributed by atoms with Crippen LogP contribution in [-0.4, -0.2) is 76.2 Å². The number of aromatic nitrogens is 4. The number of hydrazone groups is 1. The fraction of sp³-hybridized carbons (Fsp3) is 0.294. The fourth-order valence-electron chi connectivity index (χ4n) is 3.12. The summed E-state index contributed by atoms with van der Waals surface area (Å²) < 4.78 is 6.93. The Bertz CT molecular complexity index is 1100. The highest BCUT2D eigenvalue weighted by atomic mass is 16.6. The van der Waals surface area contributed by atoms with Crippen LogP contribution in [0.1, 0.15) is 11.8 Å². The van der Waals surface area contributed by atoms with E-state index in [1.54, 1.807) is 0 Å². The number of nitrogen functional groups attached to an aromatic ring is 1. The number of imidazole rings is 1. The average Bonchev–Trinajstić information content (AvgIpc) is 3.23. The number of aliphatic hydroxyl groups excluding tert-OH is 3. The second kappa shape index (κ2) is 7.72. The Balaban J connectivity index is 1.70. The van der Waals surface area contributed by atoms with Crippen molar-refractivity contribution in [3.63, 3.8) is 0 Å². The number of phenolic OH excluding ortho intramolecular Hbond substituents is 2. The Hall–Kier alpha value is -3.52. The average molecular weight is 417 g/mol. The Labute approximate surface area is 168 Å². The van der Waals surface area contributed by atoms with Crippen molar-refractivity contribution in [1.82, 2.24) is 19.5 Å². The molecule has 8 N–H and O–H groups in total. The molecule has 0 amide bonds. The van der Waals surface area contributed by atoms with Crippen molar-refractivity contribution in [1.29, 1.82) is 0 Å². The maximum absolute atomic E-state index is 10.4. The number of nitrogens with two attached hydrogens (primary N) is 1. The normalized spacial score (nSPS) is 24.1. The zero-order chi connectivity index (χ0) is 21.4. The first kappa shape index (κ1) is 19.8. The second-order valence-corrected chi connectivity index (χ2v) is 6.58. The van der Waals surface area contributed by atoms with E-state index in [1.807, 2.05) is 0 Å². The molecular weight excluding hydrogens is 398 g/mol. The maximum Gasteiger partial charge on any atom is 0.228 e. The summed E-state index contributed by atoms with van der Waals surface area (Å²) in [4.78, 5) is 12.3. The summed E-state index contributed by atoms with van der Waals surface area (Å²) in [7, 11) is 0. The molecule has 4 rings (SSSR count). The number of rotatable bonds is 5. The summed E-state index contributed by atoms with van der Waals surface area (Å²) in [6.45, 7) is -0.496. The highest BCUT2D eigenvalue weighted by Gasteiger charge is 2.45. The molecular formula is C17H19N7O6. The first-order chi connectivity index (χ1) is 14.4. The number of phenols is 2. The van der Waals surface area contributed by atoms with Gasteiger partial charge in [-0.2, -0.15) is 5.10 Å². The number of aromatic hydroxyl groups is 2. The predicted octanol–water partition coefficient (Wildman–Crippen LogP) is -1.12. The van der Waals surface area contributed by atoms with Gasteiger partial charge in [-0.05, 0) is 23.8 Å². The molecule has 1 aromatic carbocycles. The SMILES string of the molecule is Nc1ncnc2c1nc(N/N=C/c1ccc(O)c(O)c1)n2C1OC(CO)C(O)C1O. The molecule has 0 spiro atoms. The highest BCUT2D eigenvalue weighted by Crippen LogP contribution is 2.35. The molecule has 1 fully saturated rings. The molecule has 1 saturated heterocycles. The lowest BCUT2D eigenvalue weighted by Crippen LogP contribution is -2.33. The van der Waals surface area contributed by atoms with Crippen molar-refractivity contribution in [2.45, 2.75) is 24.5 Å². The van der Waals surface area contributed by atoms with Crippen LogP contribution in [0.5, 0.6) is 11.5 Å². The minimum absolute atomic E-state index is 0.0753. The predicted molar refractivity (Wildman–Crippen MR) is 104 cm³/mol. The van der Waals surface area contributed by atoms with Crippen molar-refractivity contribution < 1.29 is 30.3 Å². The summed E-state index contributed by atoms with van der Waals surface area (Å²) in [5.41, 5.74) is 9.46. The van der Waals surface area contributed by atoms with E-state index in [2.05, 4.69) is 25.5 Å². The van der Waals surface area contributed by atoms with Crippen LogP contribution in [0.25, 0.3) is 11.2 Å². The molecule has 0 radical (unpaired) electrons. The van der Waals surface area contributed by atoms with Gasteiger partial charge in [0.2, 0.25) is 5.95 Å². The molecule has 13 heteroatoms. The Kier molecular flexibility index (Phi) is 5.09. The molecule has 0 aliphatic carbocycles. The van der Waals surface area contributed by atoms with E-state index in [1.165, 1.54) is 35.3 Å². The second-order valence-electron chi connectivity index (χ2n) is 6.58. The van der Waals surface area contributed by atoms with E-state index in [4.69, 9.17) is 10.5 Å². The molecule has 1 aliphatic rings. The van der Waals surface area contributed by atoms with E-state index < -0.39 is 31.1 Å². The third-order valence-corrected chi connectivity index (χ3v) is 4.65. The van der Waals surface area contributed by atoms with Crippen LogP contribution in [-0.2, 0) is 4.74 Å². The first-order valence-corrected chi connectivity index (χ1v) is 8.82. The van der Waals surface area contributed by atoms with Crippen LogP contribution in [0, 0.1) is 0 Å². The molecule has 0 bridgehead atoms. The number of aliphatic hydroxyl groups is 3. The molecule has 1 aliphatic heterocycles. The van der Waals surface area contributed by atoms with E-state index in [9.17, 15) is 25.5 Å². The molecule has 13 nitrogen and oxygen atoms in total. The quantitative estimate of drug-likeness (QED) is 0.150. The third kappa shape index (κ3) is 3.35. The Morgan fingerprint density at radius 3 is 2.70 bits per heavy atom. The van der Waals surface area contributed by atoms with Crippen molar-refractivity contribution >= 4 is 29.1 Å². The zero-order valence-corrected chi connectivity index (χ0v) is 15.4. The maximum atomic E-state index is 10.4. The number of nitrogens with one attached hydrogen (secondary N) is 1. The van der Waals surface area contributed by atoms with Gasteiger partial charge in [0.1, 0.15) is 24.6 Å². The molecule has 0 saturated carbocycles. The van der Waals surface area contributed by atoms with Gasteiger partial charge in [0, 0.05) is 0 Å². The van der Waals surface area contributed by atoms with Gasteiger partial charge in [0.25, 0.3) is 0 Å². The third-order valence-electron chi connectivity index (χ3n) is 4.65. The summed E-state index contributed by atoms with van der Waals surface area (Å²) in [5.74, 6) is -0.409. The molecule has 30 heavy (non-hydrogen) atoms. The van der Waals surface area contributed by atoms with E-state index >= 15 is 0 Å². The summed E-state index contributed by atoms with van der Waals surface area (Å²) >= 11 is 0. The number of hydrogen-bond donors (Lipinski definition) is 7. The van der Waals surface area contributed by atoms with Crippen LogP contribution >= 0.6 is 0 Å². The lowest BCUT2D eigenvalue weighted by atomic mass is 10.1. The summed E-state index contributed by atoms with van der Waals surface area (Å²) in [6.07, 6.45) is -2.27. The van der Waals surface area contributed by atoms with Gasteiger partial charge < -0.3 is 36.0 Å². The molecule has 158 valence electrons. The number of benzene rings is 1. The van der Waals surface area contributed by atoms with Gasteiger partial charge in [-0.3, -0.25) is 4.57 Å². The lowest BCUT2D eigenvalue weighted by molar-refractivity contribution is -0.0501. The van der Waals surface area contributed by atoms with Crippen LogP contribution in [0.15, 0.2) is 29.6 Å². The number of hydrogen-bond acceptors (Lipinski definition) is 12. The number of ether oxygens (including phenoxy) is 1. The Morgan fingerprint density at radius 1 is 1.20 bits per heavy atom. The number of nitrogens with zero attached hydrogens (tertiary/aromatic N) is 5. The van der Waals surface area contributed by atoms with Gasteiger partial charge in [-0.25, -0.2) is 20.4 Å². The monoisotopic (exact) mass is 417 g/mol. The topological polar surface area (TPSA) is 204 Å². The van der Waals surface area contributed by atoms with E-state index in [0.717, 1.165) is 0 Å². The van der Waals surface area contributed by atoms with Crippen molar-refractivity contribution in [3.05, 3.63) is 30.1 Å². The molecule has 2 aromatic heterocycles. The van der Waals surface area contributed by atoms with E-state index in [0.29, 0.717) is 5.56 Å². The molecule has 3 heterocycles. The highest BCUT2D eigenvalue weighted by molar-refractivity contribution is 5.85. The van der Waals surface area contributed by atoms with Gasteiger partial charge >= 0.3 is 0 Å².